The van der Waals surface area contributed by atoms with E-state index in [0.717, 1.165) is 23.0 Å². The van der Waals surface area contributed by atoms with Crippen molar-refractivity contribution in [2.75, 3.05) is 13.7 Å². The van der Waals surface area contributed by atoms with Gasteiger partial charge in [0.1, 0.15) is 5.75 Å². The Bertz CT molecular complexity index is 704. The minimum atomic E-state index is -3.77. The highest BCUT2D eigenvalue weighted by molar-refractivity contribution is 7.90. The van der Waals surface area contributed by atoms with Crippen molar-refractivity contribution in [1.29, 1.82) is 0 Å². The van der Waals surface area contributed by atoms with Crippen LogP contribution >= 0.6 is 0 Å². The van der Waals surface area contributed by atoms with Crippen LogP contribution in [0.2, 0.25) is 0 Å². The van der Waals surface area contributed by atoms with Crippen molar-refractivity contribution in [3.63, 3.8) is 0 Å². The molecule has 0 unspecified atom stereocenters. The highest BCUT2D eigenvalue weighted by atomic mass is 32.2. The molecule has 0 aliphatic carbocycles. The molecule has 0 aliphatic rings. The van der Waals surface area contributed by atoms with Crippen LogP contribution in [0.4, 0.5) is 0 Å². The molecular weight excluding hydrogens is 300 g/mol. The summed E-state index contributed by atoms with van der Waals surface area (Å²) in [5, 5.41) is 1.06. The minimum Gasteiger partial charge on any atom is -0.384 e. The van der Waals surface area contributed by atoms with Crippen LogP contribution in [0.25, 0.3) is 6.08 Å². The lowest BCUT2D eigenvalue weighted by atomic mass is 10.1. The Morgan fingerprint density at radius 3 is 2.32 bits per heavy atom. The second-order valence-electron chi connectivity index (χ2n) is 4.68. The zero-order chi connectivity index (χ0) is 15.8. The van der Waals surface area contributed by atoms with Gasteiger partial charge in [-0.1, -0.05) is 42.5 Å². The summed E-state index contributed by atoms with van der Waals surface area (Å²) in [6, 6.07) is 16.1. The monoisotopic (exact) mass is 318 g/mol. The molecule has 0 atom stereocenters. The number of methoxy groups -OCH3 is 1. The first-order chi connectivity index (χ1) is 10.6. The Morgan fingerprint density at radius 2 is 1.68 bits per heavy atom. The maximum absolute atomic E-state index is 11.9. The summed E-state index contributed by atoms with van der Waals surface area (Å²) in [5.41, 5.74) is 1.86. The van der Waals surface area contributed by atoms with Crippen LogP contribution in [0.3, 0.4) is 0 Å². The predicted molar refractivity (Wildman–Crippen MR) is 87.0 cm³/mol. The van der Waals surface area contributed by atoms with Gasteiger partial charge < -0.3 is 8.92 Å². The van der Waals surface area contributed by atoms with Gasteiger partial charge in [0.2, 0.25) is 0 Å². The van der Waals surface area contributed by atoms with E-state index in [-0.39, 0.29) is 0 Å². The van der Waals surface area contributed by atoms with Crippen LogP contribution in [0.5, 0.6) is 5.75 Å². The number of hydrogen-bond acceptors (Lipinski definition) is 4. The fourth-order valence-electron chi connectivity index (χ4n) is 1.82. The van der Waals surface area contributed by atoms with Gasteiger partial charge in [-0.15, -0.1) is 0 Å². The zero-order valence-electron chi connectivity index (χ0n) is 12.3. The number of benzene rings is 2. The topological polar surface area (TPSA) is 52.6 Å². The van der Waals surface area contributed by atoms with Crippen molar-refractivity contribution in [3.8, 4) is 5.75 Å². The average molecular weight is 318 g/mol. The Labute approximate surface area is 131 Å². The van der Waals surface area contributed by atoms with Crippen LogP contribution in [0.15, 0.2) is 60.0 Å². The van der Waals surface area contributed by atoms with E-state index in [1.54, 1.807) is 19.2 Å². The maximum atomic E-state index is 11.9. The van der Waals surface area contributed by atoms with Crippen molar-refractivity contribution in [3.05, 3.63) is 71.1 Å². The summed E-state index contributed by atoms with van der Waals surface area (Å²) in [4.78, 5) is 0. The van der Waals surface area contributed by atoms with Crippen LogP contribution < -0.4 is 4.18 Å². The van der Waals surface area contributed by atoms with Crippen LogP contribution in [0, 0.1) is 0 Å². The molecule has 0 saturated carbocycles. The Kier molecular flexibility index (Phi) is 5.75. The van der Waals surface area contributed by atoms with Gasteiger partial charge >= 0.3 is 10.1 Å². The van der Waals surface area contributed by atoms with Crippen molar-refractivity contribution < 1.29 is 17.3 Å². The van der Waals surface area contributed by atoms with E-state index in [0.29, 0.717) is 12.4 Å². The fourth-order valence-corrected chi connectivity index (χ4v) is 2.58. The third-order valence-electron chi connectivity index (χ3n) is 2.96. The summed E-state index contributed by atoms with van der Waals surface area (Å²) in [6.45, 7) is 0.623. The van der Waals surface area contributed by atoms with Gasteiger partial charge in [-0.2, -0.15) is 8.42 Å². The van der Waals surface area contributed by atoms with Crippen molar-refractivity contribution >= 4 is 16.2 Å². The van der Waals surface area contributed by atoms with Gasteiger partial charge in [-0.25, -0.2) is 0 Å². The predicted octanol–water partition coefficient (Wildman–Crippen LogP) is 3.26. The average Bonchev–Trinajstić information content (AvgIpc) is 2.53. The molecule has 0 aliphatic heterocycles. The van der Waals surface area contributed by atoms with Crippen molar-refractivity contribution in [2.45, 2.75) is 6.42 Å². The number of rotatable bonds is 7. The molecule has 0 radical (unpaired) electrons. The standard InChI is InChI=1S/C17H18O4S/c1-20-13-11-16-7-9-17(10-8-16)21-22(18,19)14-12-15-5-3-2-4-6-15/h2-10,12,14H,11,13H2,1H3/b14-12+. The first-order valence-corrected chi connectivity index (χ1v) is 8.32. The maximum Gasteiger partial charge on any atom is 0.332 e. The molecule has 116 valence electrons. The van der Waals surface area contributed by atoms with Crippen LogP contribution in [-0.4, -0.2) is 22.1 Å². The Morgan fingerprint density at radius 1 is 1.00 bits per heavy atom. The van der Waals surface area contributed by atoms with E-state index in [2.05, 4.69) is 0 Å². The summed E-state index contributed by atoms with van der Waals surface area (Å²) in [7, 11) is -2.13. The third kappa shape index (κ3) is 5.35. The summed E-state index contributed by atoms with van der Waals surface area (Å²) in [5.74, 6) is 0.291. The summed E-state index contributed by atoms with van der Waals surface area (Å²) < 4.78 is 33.8. The molecule has 2 rings (SSSR count). The second-order valence-corrected chi connectivity index (χ2v) is 6.10. The smallest absolute Gasteiger partial charge is 0.332 e. The molecule has 0 amide bonds. The van der Waals surface area contributed by atoms with Crippen LogP contribution in [-0.2, 0) is 21.3 Å². The SMILES string of the molecule is COCCc1ccc(OS(=O)(=O)/C=C/c2ccccc2)cc1. The molecule has 22 heavy (non-hydrogen) atoms. The molecule has 0 bridgehead atoms. The van der Waals surface area contributed by atoms with E-state index in [1.807, 2.05) is 42.5 Å². The number of hydrogen-bond donors (Lipinski definition) is 0. The molecule has 0 N–H and O–H groups in total. The van der Waals surface area contributed by atoms with Gasteiger partial charge in [0.25, 0.3) is 0 Å². The third-order valence-corrected chi connectivity index (χ3v) is 3.85. The molecule has 2 aromatic rings. The molecule has 0 aromatic heterocycles. The first-order valence-electron chi connectivity index (χ1n) is 6.84. The van der Waals surface area contributed by atoms with Crippen molar-refractivity contribution in [2.24, 2.45) is 0 Å². The quantitative estimate of drug-likeness (QED) is 0.735. The highest BCUT2D eigenvalue weighted by Gasteiger charge is 2.08. The second kappa shape index (κ2) is 7.77. The Balaban J connectivity index is 2.01. The molecular formula is C17H18O4S. The number of ether oxygens (including phenoxy) is 1. The van der Waals surface area contributed by atoms with Crippen LogP contribution in [0.1, 0.15) is 11.1 Å². The lowest BCUT2D eigenvalue weighted by Gasteiger charge is -2.05. The highest BCUT2D eigenvalue weighted by Crippen LogP contribution is 2.16. The molecule has 2 aromatic carbocycles. The lowest BCUT2D eigenvalue weighted by Crippen LogP contribution is -2.05. The molecule has 4 nitrogen and oxygen atoms in total. The largest absolute Gasteiger partial charge is 0.384 e. The molecule has 5 heteroatoms. The minimum absolute atomic E-state index is 0.291. The van der Waals surface area contributed by atoms with Gasteiger partial charge in [0.15, 0.2) is 0 Å². The Hall–Kier alpha value is -2.11. The van der Waals surface area contributed by atoms with E-state index in [1.165, 1.54) is 6.08 Å². The van der Waals surface area contributed by atoms with E-state index >= 15 is 0 Å². The summed E-state index contributed by atoms with van der Waals surface area (Å²) in [6.07, 6.45) is 2.28. The van der Waals surface area contributed by atoms with Gasteiger partial charge in [0, 0.05) is 7.11 Å². The fraction of sp³-hybridized carbons (Fsp3) is 0.176. The van der Waals surface area contributed by atoms with E-state index in [9.17, 15) is 8.42 Å². The lowest BCUT2D eigenvalue weighted by molar-refractivity contribution is 0.202. The first kappa shape index (κ1) is 16.3. The van der Waals surface area contributed by atoms with Crippen molar-refractivity contribution in [1.82, 2.24) is 0 Å². The van der Waals surface area contributed by atoms with Gasteiger partial charge in [-0.3, -0.25) is 0 Å². The molecule has 0 fully saturated rings. The van der Waals surface area contributed by atoms with E-state index < -0.39 is 10.1 Å². The van der Waals surface area contributed by atoms with Gasteiger partial charge in [0.05, 0.1) is 12.0 Å². The zero-order valence-corrected chi connectivity index (χ0v) is 13.1. The molecule has 0 saturated heterocycles. The molecule has 0 spiro atoms. The summed E-state index contributed by atoms with van der Waals surface area (Å²) >= 11 is 0. The van der Waals surface area contributed by atoms with Gasteiger partial charge in [-0.05, 0) is 35.8 Å². The van der Waals surface area contributed by atoms with E-state index in [4.69, 9.17) is 8.92 Å². The normalized spacial score (nSPS) is 11.7. The molecule has 0 heterocycles.